The lowest BCUT2D eigenvalue weighted by atomic mass is 9.45. The Morgan fingerprint density at radius 2 is 2.03 bits per heavy atom. The highest BCUT2D eigenvalue weighted by Gasteiger charge is 2.53. The van der Waals surface area contributed by atoms with Gasteiger partial charge in [-0.1, -0.05) is 19.9 Å². The van der Waals surface area contributed by atoms with Crippen LogP contribution in [0.2, 0.25) is 0 Å². The number of hydrogen-bond donors (Lipinski definition) is 2. The molecule has 8 heteroatoms. The number of rotatable bonds is 5. The fourth-order valence-corrected chi connectivity index (χ4v) is 6.38. The Morgan fingerprint density at radius 1 is 1.21 bits per heavy atom. The van der Waals surface area contributed by atoms with Crippen LogP contribution in [0.3, 0.4) is 0 Å². The Morgan fingerprint density at radius 3 is 2.76 bits per heavy atom. The Balaban J connectivity index is 1.30. The van der Waals surface area contributed by atoms with Crippen LogP contribution in [0, 0.1) is 29.1 Å². The Kier molecular flexibility index (Phi) is 5.41. The Bertz CT molecular complexity index is 1100. The van der Waals surface area contributed by atoms with E-state index in [9.17, 15) is 14.4 Å². The van der Waals surface area contributed by atoms with Crippen LogP contribution in [-0.4, -0.2) is 51.6 Å². The molecule has 0 spiro atoms. The molecule has 1 saturated heterocycles. The number of nitrogens with zero attached hydrogens (tertiary/aromatic N) is 3. The fourth-order valence-electron chi connectivity index (χ4n) is 6.38. The molecule has 2 aromatic heterocycles. The number of piperidine rings is 1. The molecule has 3 saturated carbocycles. The quantitative estimate of drug-likeness (QED) is 0.728. The summed E-state index contributed by atoms with van der Waals surface area (Å²) in [6, 6.07) is 5.33. The highest BCUT2D eigenvalue weighted by Crippen LogP contribution is 2.61. The summed E-state index contributed by atoms with van der Waals surface area (Å²) in [4.78, 5) is 43.8. The summed E-state index contributed by atoms with van der Waals surface area (Å²) >= 11 is 0. The summed E-state index contributed by atoms with van der Waals surface area (Å²) in [7, 11) is 0. The fraction of sp³-hybridized carbons (Fsp3) is 0.600. The van der Waals surface area contributed by atoms with Gasteiger partial charge < -0.3 is 16.0 Å². The Labute approximate surface area is 193 Å². The number of aromatic nitrogens is 2. The molecular formula is C25H33N5O3. The van der Waals surface area contributed by atoms with Crippen molar-refractivity contribution >= 4 is 23.4 Å². The summed E-state index contributed by atoms with van der Waals surface area (Å²) in [5.74, 6) is 0.951. The van der Waals surface area contributed by atoms with Gasteiger partial charge in [0.05, 0.1) is 5.92 Å². The maximum Gasteiger partial charge on any atom is 0.274 e. The SMILES string of the molecule is CC1(C)[C@H]2CC[C@@H](CNC(=O)c3cccc4nc(C(=O)N5CCCC(C(N)=O)C5)cn34)[C@@H]1C2. The molecule has 3 N–H and O–H groups in total. The lowest BCUT2D eigenvalue weighted by Crippen LogP contribution is -2.54. The zero-order valence-corrected chi connectivity index (χ0v) is 19.4. The average molecular weight is 452 g/mol. The topological polar surface area (TPSA) is 110 Å². The van der Waals surface area contributed by atoms with Gasteiger partial charge >= 0.3 is 0 Å². The van der Waals surface area contributed by atoms with Crippen molar-refractivity contribution in [2.24, 2.45) is 34.8 Å². The lowest BCUT2D eigenvalue weighted by molar-refractivity contribution is -0.123. The predicted octanol–water partition coefficient (Wildman–Crippen LogP) is 2.47. The Hall–Kier alpha value is -2.90. The van der Waals surface area contributed by atoms with E-state index in [-0.39, 0.29) is 29.3 Å². The number of nitrogens with one attached hydrogen (secondary N) is 1. The van der Waals surface area contributed by atoms with Gasteiger partial charge in [0.2, 0.25) is 5.91 Å². The van der Waals surface area contributed by atoms with Gasteiger partial charge in [-0.25, -0.2) is 4.98 Å². The number of pyridine rings is 1. The van der Waals surface area contributed by atoms with Gasteiger partial charge in [0.1, 0.15) is 17.0 Å². The first-order valence-corrected chi connectivity index (χ1v) is 12.1. The van der Waals surface area contributed by atoms with E-state index in [4.69, 9.17) is 5.73 Å². The van der Waals surface area contributed by atoms with Crippen molar-refractivity contribution in [3.63, 3.8) is 0 Å². The molecular weight excluding hydrogens is 418 g/mol. The molecule has 1 unspecified atom stereocenters. The number of carbonyl (C=O) groups excluding carboxylic acids is 3. The maximum atomic E-state index is 13.1. The number of nitrogens with two attached hydrogens (primary N) is 1. The highest BCUT2D eigenvalue weighted by molar-refractivity contribution is 5.96. The van der Waals surface area contributed by atoms with Crippen LogP contribution in [0.5, 0.6) is 0 Å². The maximum absolute atomic E-state index is 13.1. The average Bonchev–Trinajstić information content (AvgIpc) is 3.26. The van der Waals surface area contributed by atoms with Crippen LogP contribution in [0.1, 0.15) is 66.9 Å². The monoisotopic (exact) mass is 451 g/mol. The van der Waals surface area contributed by atoms with Crippen molar-refractivity contribution in [3.05, 3.63) is 35.8 Å². The summed E-state index contributed by atoms with van der Waals surface area (Å²) in [5.41, 5.74) is 7.12. The zero-order valence-electron chi connectivity index (χ0n) is 19.4. The number of fused-ring (bicyclic) bond motifs is 3. The van der Waals surface area contributed by atoms with E-state index in [1.807, 2.05) is 0 Å². The minimum Gasteiger partial charge on any atom is -0.369 e. The number of amides is 3. The smallest absolute Gasteiger partial charge is 0.274 e. The van der Waals surface area contributed by atoms with Crippen LogP contribution in [0.25, 0.3) is 5.65 Å². The normalized spacial score (nSPS) is 28.2. The molecule has 2 aromatic rings. The molecule has 4 atom stereocenters. The number of primary amides is 1. The number of hydrogen-bond acceptors (Lipinski definition) is 4. The molecule has 6 rings (SSSR count). The molecule has 8 nitrogen and oxygen atoms in total. The van der Waals surface area contributed by atoms with Crippen molar-refractivity contribution in [1.82, 2.24) is 19.6 Å². The molecule has 0 aromatic carbocycles. The molecule has 3 amide bonds. The van der Waals surface area contributed by atoms with Gasteiger partial charge in [0.15, 0.2) is 0 Å². The molecule has 4 aliphatic rings. The van der Waals surface area contributed by atoms with Crippen molar-refractivity contribution < 1.29 is 14.4 Å². The molecule has 4 fully saturated rings. The van der Waals surface area contributed by atoms with Gasteiger partial charge in [-0.2, -0.15) is 0 Å². The van der Waals surface area contributed by atoms with E-state index in [2.05, 4.69) is 24.1 Å². The van der Waals surface area contributed by atoms with Crippen LogP contribution in [-0.2, 0) is 4.79 Å². The first-order valence-electron chi connectivity index (χ1n) is 12.1. The molecule has 2 bridgehead atoms. The summed E-state index contributed by atoms with van der Waals surface area (Å²) in [5, 5.41) is 3.14. The molecule has 176 valence electrons. The van der Waals surface area contributed by atoms with Crippen molar-refractivity contribution in [2.75, 3.05) is 19.6 Å². The second-order valence-corrected chi connectivity index (χ2v) is 10.7. The van der Waals surface area contributed by atoms with Crippen LogP contribution < -0.4 is 11.1 Å². The minimum atomic E-state index is -0.375. The lowest BCUT2D eigenvalue weighted by Gasteiger charge is -2.60. The number of likely N-dealkylation sites (tertiary alicyclic amines) is 1. The van der Waals surface area contributed by atoms with Gasteiger partial charge in [-0.05, 0) is 67.4 Å². The third-order valence-electron chi connectivity index (χ3n) is 8.58. The third kappa shape index (κ3) is 3.79. The van der Waals surface area contributed by atoms with Crippen LogP contribution in [0.4, 0.5) is 0 Å². The van der Waals surface area contributed by atoms with Crippen LogP contribution >= 0.6 is 0 Å². The summed E-state index contributed by atoms with van der Waals surface area (Å²) in [6.45, 7) is 6.29. The first-order chi connectivity index (χ1) is 15.8. The molecule has 1 aliphatic heterocycles. The summed E-state index contributed by atoms with van der Waals surface area (Å²) < 4.78 is 1.68. The van der Waals surface area contributed by atoms with E-state index in [1.54, 1.807) is 33.7 Å². The van der Waals surface area contributed by atoms with E-state index in [0.717, 1.165) is 12.3 Å². The second kappa shape index (κ2) is 8.15. The predicted molar refractivity (Wildman–Crippen MR) is 123 cm³/mol. The third-order valence-corrected chi connectivity index (χ3v) is 8.58. The van der Waals surface area contributed by atoms with E-state index >= 15 is 0 Å². The van der Waals surface area contributed by atoms with Crippen molar-refractivity contribution in [2.45, 2.75) is 46.0 Å². The molecule has 3 heterocycles. The van der Waals surface area contributed by atoms with Gasteiger partial charge in [-0.15, -0.1) is 0 Å². The molecule has 3 aliphatic carbocycles. The standard InChI is InChI=1S/C25H33N5O3/c1-25(2)17-9-8-15(18(25)11-17)12-27-23(32)20-6-3-7-21-28-19(14-30(20)21)24(33)29-10-4-5-16(13-29)22(26)31/h3,6-7,14-18H,4-5,8-13H2,1-2H3,(H2,26,31)(H,27,32)/t15-,16?,17-,18-/m0/s1. The minimum absolute atomic E-state index is 0.150. The zero-order chi connectivity index (χ0) is 23.3. The number of imidazole rings is 1. The van der Waals surface area contributed by atoms with Gasteiger partial charge in [0.25, 0.3) is 11.8 Å². The first kappa shape index (κ1) is 21.9. The number of carbonyl (C=O) groups is 3. The van der Waals surface area contributed by atoms with Gasteiger partial charge in [-0.3, -0.25) is 18.8 Å². The molecule has 33 heavy (non-hydrogen) atoms. The van der Waals surface area contributed by atoms with Gasteiger partial charge in [0, 0.05) is 25.8 Å². The molecule has 0 radical (unpaired) electrons. The highest BCUT2D eigenvalue weighted by atomic mass is 16.2. The van der Waals surface area contributed by atoms with Crippen molar-refractivity contribution in [1.29, 1.82) is 0 Å². The van der Waals surface area contributed by atoms with Crippen molar-refractivity contribution in [3.8, 4) is 0 Å². The second-order valence-electron chi connectivity index (χ2n) is 10.7. The summed E-state index contributed by atoms with van der Waals surface area (Å²) in [6.07, 6.45) is 6.77. The van der Waals surface area contributed by atoms with E-state index in [0.29, 0.717) is 54.6 Å². The van der Waals surface area contributed by atoms with E-state index in [1.165, 1.54) is 19.3 Å². The van der Waals surface area contributed by atoms with E-state index < -0.39 is 0 Å². The largest absolute Gasteiger partial charge is 0.369 e. The van der Waals surface area contributed by atoms with Crippen LogP contribution in [0.15, 0.2) is 24.4 Å².